The summed E-state index contributed by atoms with van der Waals surface area (Å²) in [6.07, 6.45) is 1.64. The lowest BCUT2D eigenvalue weighted by Crippen LogP contribution is -2.05. The molecule has 0 aromatic heterocycles. The summed E-state index contributed by atoms with van der Waals surface area (Å²) in [7, 11) is 1.58. The van der Waals surface area contributed by atoms with E-state index in [2.05, 4.69) is 4.99 Å². The van der Waals surface area contributed by atoms with Gasteiger partial charge >= 0.3 is 5.97 Å². The number of halogens is 1. The third kappa shape index (κ3) is 2.87. The van der Waals surface area contributed by atoms with Crippen molar-refractivity contribution in [2.24, 2.45) is 4.99 Å². The number of esters is 1. The minimum Gasteiger partial charge on any atom is -0.496 e. The fraction of sp³-hybridized carbons (Fsp3) is 0.0588. The molecule has 0 aliphatic carbocycles. The molecule has 110 valence electrons. The van der Waals surface area contributed by atoms with Crippen molar-refractivity contribution in [2.75, 3.05) is 7.11 Å². The Labute approximate surface area is 132 Å². The SMILES string of the molecule is COc1ccccc1/C=C1\N=C(c2ccc(Cl)cc2)OC1=O. The maximum absolute atomic E-state index is 12.0. The standard InChI is InChI=1S/C17H12ClNO3/c1-21-15-5-3-2-4-12(15)10-14-17(20)22-16(19-14)11-6-8-13(18)9-7-11/h2-10H,1H3/b14-10-. The highest BCUT2D eigenvalue weighted by Gasteiger charge is 2.24. The van der Waals surface area contributed by atoms with E-state index >= 15 is 0 Å². The van der Waals surface area contributed by atoms with E-state index in [1.807, 2.05) is 24.3 Å². The van der Waals surface area contributed by atoms with Crippen LogP contribution in [0.5, 0.6) is 5.75 Å². The highest BCUT2D eigenvalue weighted by atomic mass is 35.5. The van der Waals surface area contributed by atoms with E-state index in [-0.39, 0.29) is 11.6 Å². The van der Waals surface area contributed by atoms with Crippen LogP contribution in [0.2, 0.25) is 5.02 Å². The van der Waals surface area contributed by atoms with Gasteiger partial charge in [-0.25, -0.2) is 9.79 Å². The Hall–Kier alpha value is -2.59. The molecule has 0 fully saturated rings. The quantitative estimate of drug-likeness (QED) is 0.641. The molecule has 0 saturated carbocycles. The number of hydrogen-bond donors (Lipinski definition) is 0. The number of nitrogens with zero attached hydrogens (tertiary/aromatic N) is 1. The highest BCUT2D eigenvalue weighted by Crippen LogP contribution is 2.24. The van der Waals surface area contributed by atoms with Gasteiger partial charge in [-0.05, 0) is 36.4 Å². The van der Waals surface area contributed by atoms with Crippen LogP contribution in [0, 0.1) is 0 Å². The first-order chi connectivity index (χ1) is 10.7. The molecule has 0 amide bonds. The van der Waals surface area contributed by atoms with Crippen molar-refractivity contribution < 1.29 is 14.3 Å². The fourth-order valence-corrected chi connectivity index (χ4v) is 2.18. The molecular formula is C17H12ClNO3. The van der Waals surface area contributed by atoms with Crippen LogP contribution in [0.4, 0.5) is 0 Å². The fourth-order valence-electron chi connectivity index (χ4n) is 2.06. The molecule has 2 aromatic rings. The van der Waals surface area contributed by atoms with E-state index in [1.54, 1.807) is 37.5 Å². The summed E-state index contributed by atoms with van der Waals surface area (Å²) in [6, 6.07) is 14.3. The lowest BCUT2D eigenvalue weighted by molar-refractivity contribution is -0.129. The Morgan fingerprint density at radius 1 is 1.14 bits per heavy atom. The number of ether oxygens (including phenoxy) is 2. The molecule has 0 saturated heterocycles. The second-order valence-corrected chi connectivity index (χ2v) is 5.02. The van der Waals surface area contributed by atoms with Crippen LogP contribution >= 0.6 is 11.6 Å². The molecule has 5 heteroatoms. The third-order valence-corrected chi connectivity index (χ3v) is 3.39. The monoisotopic (exact) mass is 313 g/mol. The van der Waals surface area contributed by atoms with Crippen LogP contribution in [-0.2, 0) is 9.53 Å². The van der Waals surface area contributed by atoms with Gasteiger partial charge in [0.05, 0.1) is 7.11 Å². The molecule has 22 heavy (non-hydrogen) atoms. The molecule has 0 bridgehead atoms. The molecule has 0 spiro atoms. The molecule has 1 heterocycles. The second kappa shape index (κ2) is 6.03. The van der Waals surface area contributed by atoms with E-state index in [4.69, 9.17) is 21.1 Å². The molecule has 1 aliphatic rings. The summed E-state index contributed by atoms with van der Waals surface area (Å²) in [4.78, 5) is 16.2. The largest absolute Gasteiger partial charge is 0.496 e. The van der Waals surface area contributed by atoms with Gasteiger partial charge in [0.2, 0.25) is 5.90 Å². The van der Waals surface area contributed by atoms with E-state index in [0.29, 0.717) is 16.3 Å². The van der Waals surface area contributed by atoms with Gasteiger partial charge in [-0.2, -0.15) is 0 Å². The van der Waals surface area contributed by atoms with Gasteiger partial charge in [-0.1, -0.05) is 29.8 Å². The zero-order valence-electron chi connectivity index (χ0n) is 11.7. The van der Waals surface area contributed by atoms with E-state index in [9.17, 15) is 4.79 Å². The van der Waals surface area contributed by atoms with Gasteiger partial charge in [0.1, 0.15) is 5.75 Å². The third-order valence-electron chi connectivity index (χ3n) is 3.14. The number of para-hydroxylation sites is 1. The Bertz CT molecular complexity index is 779. The van der Waals surface area contributed by atoms with Crippen LogP contribution < -0.4 is 4.74 Å². The van der Waals surface area contributed by atoms with Crippen molar-refractivity contribution in [3.8, 4) is 5.75 Å². The molecule has 1 aliphatic heterocycles. The molecule has 0 unspecified atom stereocenters. The number of carbonyl (C=O) groups excluding carboxylic acids is 1. The van der Waals surface area contributed by atoms with Gasteiger partial charge in [-0.15, -0.1) is 0 Å². The zero-order valence-corrected chi connectivity index (χ0v) is 12.5. The summed E-state index contributed by atoms with van der Waals surface area (Å²) < 4.78 is 10.5. The summed E-state index contributed by atoms with van der Waals surface area (Å²) in [5.74, 6) is 0.441. The van der Waals surface area contributed by atoms with Gasteiger partial charge in [0.25, 0.3) is 0 Å². The number of methoxy groups -OCH3 is 1. The van der Waals surface area contributed by atoms with E-state index < -0.39 is 5.97 Å². The van der Waals surface area contributed by atoms with Crippen molar-refractivity contribution in [3.63, 3.8) is 0 Å². The minimum absolute atomic E-state index is 0.231. The van der Waals surface area contributed by atoms with Gasteiger partial charge in [-0.3, -0.25) is 0 Å². The van der Waals surface area contributed by atoms with E-state index in [0.717, 1.165) is 5.56 Å². The van der Waals surface area contributed by atoms with Crippen LogP contribution in [0.25, 0.3) is 6.08 Å². The maximum atomic E-state index is 12.0. The van der Waals surface area contributed by atoms with Crippen LogP contribution in [-0.4, -0.2) is 19.0 Å². The zero-order chi connectivity index (χ0) is 15.5. The summed E-state index contributed by atoms with van der Waals surface area (Å²) >= 11 is 5.84. The minimum atomic E-state index is -0.490. The number of rotatable bonds is 3. The molecule has 2 aromatic carbocycles. The van der Waals surface area contributed by atoms with Crippen LogP contribution in [0.15, 0.2) is 59.2 Å². The Kier molecular flexibility index (Phi) is 3.94. The predicted molar refractivity (Wildman–Crippen MR) is 85.1 cm³/mol. The Morgan fingerprint density at radius 2 is 1.86 bits per heavy atom. The van der Waals surface area contributed by atoms with Crippen LogP contribution in [0.3, 0.4) is 0 Å². The maximum Gasteiger partial charge on any atom is 0.363 e. The first-order valence-corrected chi connectivity index (χ1v) is 6.96. The number of aliphatic imine (C=N–C) groups is 1. The van der Waals surface area contributed by atoms with Crippen LogP contribution in [0.1, 0.15) is 11.1 Å². The van der Waals surface area contributed by atoms with Crippen molar-refractivity contribution in [1.82, 2.24) is 0 Å². The first kappa shape index (κ1) is 14.4. The average Bonchev–Trinajstić information content (AvgIpc) is 2.89. The molecule has 3 rings (SSSR count). The number of benzene rings is 2. The summed E-state index contributed by atoms with van der Waals surface area (Å²) in [6.45, 7) is 0. The lowest BCUT2D eigenvalue weighted by atomic mass is 10.1. The first-order valence-electron chi connectivity index (χ1n) is 6.59. The van der Waals surface area contributed by atoms with Gasteiger partial charge in [0, 0.05) is 16.1 Å². The molecule has 4 nitrogen and oxygen atoms in total. The molecule has 0 radical (unpaired) electrons. The topological polar surface area (TPSA) is 47.9 Å². The molecule has 0 N–H and O–H groups in total. The van der Waals surface area contributed by atoms with Gasteiger partial charge < -0.3 is 9.47 Å². The number of carbonyl (C=O) groups is 1. The normalized spacial score (nSPS) is 15.6. The highest BCUT2D eigenvalue weighted by molar-refractivity contribution is 6.30. The van der Waals surface area contributed by atoms with Gasteiger partial charge in [0.15, 0.2) is 5.70 Å². The molecule has 0 atom stereocenters. The Balaban J connectivity index is 1.96. The summed E-state index contributed by atoms with van der Waals surface area (Å²) in [5.41, 5.74) is 1.69. The predicted octanol–water partition coefficient (Wildman–Crippen LogP) is 3.69. The summed E-state index contributed by atoms with van der Waals surface area (Å²) in [5, 5.41) is 0.610. The number of hydrogen-bond acceptors (Lipinski definition) is 4. The second-order valence-electron chi connectivity index (χ2n) is 4.58. The van der Waals surface area contributed by atoms with E-state index in [1.165, 1.54) is 0 Å². The smallest absolute Gasteiger partial charge is 0.363 e. The lowest BCUT2D eigenvalue weighted by Gasteiger charge is -2.03. The van der Waals surface area contributed by atoms with Crippen molar-refractivity contribution in [2.45, 2.75) is 0 Å². The number of cyclic esters (lactones) is 1. The Morgan fingerprint density at radius 3 is 2.59 bits per heavy atom. The molecular weight excluding hydrogens is 302 g/mol. The van der Waals surface area contributed by atoms with Crippen molar-refractivity contribution in [1.29, 1.82) is 0 Å². The van der Waals surface area contributed by atoms with Crippen molar-refractivity contribution >= 4 is 29.5 Å². The average molecular weight is 314 g/mol. The van der Waals surface area contributed by atoms with Crippen molar-refractivity contribution in [3.05, 3.63) is 70.4 Å².